The van der Waals surface area contributed by atoms with Crippen LogP contribution in [-0.2, 0) is 17.1 Å². The molecule has 26 heavy (non-hydrogen) atoms. The number of fused-ring (bicyclic) bond motifs is 1. The topological polar surface area (TPSA) is 91.7 Å². The minimum atomic E-state index is -3.58. The second-order valence-corrected chi connectivity index (χ2v) is 8.27. The molecule has 2 aromatic rings. The first-order chi connectivity index (χ1) is 12.5. The van der Waals surface area contributed by atoms with Crippen molar-refractivity contribution in [3.63, 3.8) is 0 Å². The summed E-state index contributed by atoms with van der Waals surface area (Å²) >= 11 is 0. The zero-order valence-corrected chi connectivity index (χ0v) is 15.2. The maximum Gasteiger partial charge on any atom is 0.259 e. The first kappa shape index (κ1) is 17.2. The van der Waals surface area contributed by atoms with Crippen molar-refractivity contribution in [3.8, 4) is 17.2 Å². The Balaban J connectivity index is 1.31. The number of nitrogens with zero attached hydrogens (tertiary/aromatic N) is 2. The van der Waals surface area contributed by atoms with E-state index in [9.17, 15) is 8.42 Å². The maximum absolute atomic E-state index is 12.4. The molecular weight excluding hydrogens is 358 g/mol. The van der Waals surface area contributed by atoms with E-state index in [1.54, 1.807) is 11.6 Å². The molecule has 8 nitrogen and oxygen atoms in total. The Kier molecular flexibility index (Phi) is 4.49. The predicted octanol–water partition coefficient (Wildman–Crippen LogP) is 1.82. The molecule has 4 rings (SSSR count). The number of hydrogen-bond acceptors (Lipinski definition) is 6. The largest absolute Gasteiger partial charge is 0.490 e. The minimum Gasteiger partial charge on any atom is -0.490 e. The van der Waals surface area contributed by atoms with Gasteiger partial charge in [0.15, 0.2) is 16.5 Å². The molecule has 0 bridgehead atoms. The number of ether oxygens (including phenoxy) is 3. The monoisotopic (exact) mass is 379 g/mol. The number of hydrogen-bond donors (Lipinski definition) is 1. The van der Waals surface area contributed by atoms with E-state index in [2.05, 4.69) is 9.71 Å². The summed E-state index contributed by atoms with van der Waals surface area (Å²) in [5, 5.41) is 0.0544. The third kappa shape index (κ3) is 3.63. The van der Waals surface area contributed by atoms with Crippen LogP contribution in [0.1, 0.15) is 25.7 Å². The van der Waals surface area contributed by atoms with Crippen molar-refractivity contribution in [2.24, 2.45) is 7.05 Å². The van der Waals surface area contributed by atoms with Crippen molar-refractivity contribution in [1.82, 2.24) is 14.3 Å². The number of aromatic nitrogens is 2. The van der Waals surface area contributed by atoms with Crippen LogP contribution in [0.25, 0.3) is 0 Å². The normalized spacial score (nSPS) is 22.3. The fourth-order valence-electron chi connectivity index (χ4n) is 3.25. The summed E-state index contributed by atoms with van der Waals surface area (Å²) in [4.78, 5) is 3.92. The number of imidazole rings is 1. The summed E-state index contributed by atoms with van der Waals surface area (Å²) in [5.74, 6) is 2.16. The van der Waals surface area contributed by atoms with E-state index in [1.807, 2.05) is 18.2 Å². The molecule has 1 N–H and O–H groups in total. The number of aryl methyl sites for hydroxylation is 1. The van der Waals surface area contributed by atoms with Crippen LogP contribution >= 0.6 is 0 Å². The third-order valence-corrected chi connectivity index (χ3v) is 6.00. The molecule has 140 valence electrons. The molecule has 9 heteroatoms. The standard InChI is InChI=1S/C17H21N3O5S/c1-20-9-17(18-10-20)26(21,22)19-12-2-4-13(5-3-12)25-14-6-7-15-16(8-14)24-11-23-15/h6-10,12-13,19H,2-5,11H2,1H3. The average Bonchev–Trinajstić information content (AvgIpc) is 3.25. The Morgan fingerprint density at radius 3 is 2.69 bits per heavy atom. The van der Waals surface area contributed by atoms with Crippen molar-refractivity contribution in [2.45, 2.75) is 42.9 Å². The van der Waals surface area contributed by atoms with E-state index in [4.69, 9.17) is 14.2 Å². The molecule has 1 saturated carbocycles. The highest BCUT2D eigenvalue weighted by Crippen LogP contribution is 2.36. The summed E-state index contributed by atoms with van der Waals surface area (Å²) in [7, 11) is -1.83. The third-order valence-electron chi connectivity index (χ3n) is 4.60. The smallest absolute Gasteiger partial charge is 0.259 e. The Hall–Kier alpha value is -2.26. The van der Waals surface area contributed by atoms with Crippen LogP contribution in [0.15, 0.2) is 35.7 Å². The highest BCUT2D eigenvalue weighted by Gasteiger charge is 2.28. The van der Waals surface area contributed by atoms with E-state index in [-0.39, 0.29) is 24.0 Å². The van der Waals surface area contributed by atoms with Gasteiger partial charge in [-0.3, -0.25) is 0 Å². The molecule has 0 saturated heterocycles. The van der Waals surface area contributed by atoms with E-state index in [0.717, 1.165) is 37.2 Å². The van der Waals surface area contributed by atoms with Gasteiger partial charge in [-0.2, -0.15) is 0 Å². The Morgan fingerprint density at radius 1 is 1.19 bits per heavy atom. The van der Waals surface area contributed by atoms with Crippen molar-refractivity contribution < 1.29 is 22.6 Å². The summed E-state index contributed by atoms with van der Waals surface area (Å²) in [6, 6.07) is 5.44. The van der Waals surface area contributed by atoms with Gasteiger partial charge in [0.25, 0.3) is 10.0 Å². The second kappa shape index (κ2) is 6.81. The molecular formula is C17H21N3O5S. The van der Waals surface area contributed by atoms with E-state index in [0.29, 0.717) is 5.75 Å². The number of sulfonamides is 1. The van der Waals surface area contributed by atoms with Gasteiger partial charge in [0.05, 0.1) is 12.4 Å². The Labute approximate surface area is 152 Å². The molecule has 2 heterocycles. The van der Waals surface area contributed by atoms with Crippen molar-refractivity contribution in [1.29, 1.82) is 0 Å². The van der Waals surface area contributed by atoms with Gasteiger partial charge < -0.3 is 18.8 Å². The molecule has 0 unspecified atom stereocenters. The average molecular weight is 379 g/mol. The van der Waals surface area contributed by atoms with E-state index >= 15 is 0 Å². The summed E-state index contributed by atoms with van der Waals surface area (Å²) in [6.45, 7) is 0.236. The fourth-order valence-corrected chi connectivity index (χ4v) is 4.53. The minimum absolute atomic E-state index is 0.0544. The molecule has 1 fully saturated rings. The lowest BCUT2D eigenvalue weighted by Gasteiger charge is -2.29. The van der Waals surface area contributed by atoms with Crippen LogP contribution in [-0.4, -0.2) is 36.9 Å². The van der Waals surface area contributed by atoms with Crippen molar-refractivity contribution in [3.05, 3.63) is 30.7 Å². The van der Waals surface area contributed by atoms with Crippen LogP contribution in [0.3, 0.4) is 0 Å². The van der Waals surface area contributed by atoms with Gasteiger partial charge in [0.1, 0.15) is 5.75 Å². The highest BCUT2D eigenvalue weighted by atomic mass is 32.2. The summed E-state index contributed by atoms with van der Waals surface area (Å²) < 4.78 is 45.7. The lowest BCUT2D eigenvalue weighted by Crippen LogP contribution is -2.39. The first-order valence-electron chi connectivity index (χ1n) is 8.56. The van der Waals surface area contributed by atoms with Crippen molar-refractivity contribution in [2.75, 3.05) is 6.79 Å². The molecule has 1 aromatic carbocycles. The Bertz CT molecular complexity index is 888. The quantitative estimate of drug-likeness (QED) is 0.852. The molecule has 2 aliphatic rings. The van der Waals surface area contributed by atoms with E-state index < -0.39 is 10.0 Å². The molecule has 0 spiro atoms. The summed E-state index contributed by atoms with van der Waals surface area (Å²) in [5.41, 5.74) is 0. The molecule has 0 atom stereocenters. The van der Waals surface area contributed by atoms with E-state index in [1.165, 1.54) is 12.5 Å². The fraction of sp³-hybridized carbons (Fsp3) is 0.471. The Morgan fingerprint density at radius 2 is 1.96 bits per heavy atom. The van der Waals surface area contributed by atoms with Crippen LogP contribution in [0.4, 0.5) is 0 Å². The molecule has 1 aliphatic heterocycles. The van der Waals surface area contributed by atoms with Crippen LogP contribution in [0, 0.1) is 0 Å². The summed E-state index contributed by atoms with van der Waals surface area (Å²) in [6.07, 6.45) is 6.04. The molecule has 1 aliphatic carbocycles. The lowest BCUT2D eigenvalue weighted by molar-refractivity contribution is 0.143. The van der Waals surface area contributed by atoms with Gasteiger partial charge in [-0.1, -0.05) is 0 Å². The highest BCUT2D eigenvalue weighted by molar-refractivity contribution is 7.89. The molecule has 0 amide bonds. The van der Waals surface area contributed by atoms with Gasteiger partial charge in [0.2, 0.25) is 6.79 Å². The zero-order valence-electron chi connectivity index (χ0n) is 14.4. The first-order valence-corrected chi connectivity index (χ1v) is 10.0. The number of nitrogens with one attached hydrogen (secondary N) is 1. The van der Waals surface area contributed by atoms with Crippen LogP contribution in [0.5, 0.6) is 17.2 Å². The zero-order chi connectivity index (χ0) is 18.1. The lowest BCUT2D eigenvalue weighted by atomic mass is 9.94. The number of rotatable bonds is 5. The SMILES string of the molecule is Cn1cnc(S(=O)(=O)NC2CCC(Oc3ccc4c(c3)OCO4)CC2)c1. The maximum atomic E-state index is 12.4. The molecule has 1 aromatic heterocycles. The number of benzene rings is 1. The van der Waals surface area contributed by atoms with Gasteiger partial charge in [-0.05, 0) is 37.8 Å². The van der Waals surface area contributed by atoms with Crippen LogP contribution < -0.4 is 18.9 Å². The van der Waals surface area contributed by atoms with Crippen molar-refractivity contribution >= 4 is 10.0 Å². The van der Waals surface area contributed by atoms with Crippen LogP contribution in [0.2, 0.25) is 0 Å². The second-order valence-electron chi connectivity index (χ2n) is 6.61. The van der Waals surface area contributed by atoms with Gasteiger partial charge >= 0.3 is 0 Å². The van der Waals surface area contributed by atoms with Gasteiger partial charge in [0, 0.05) is 25.4 Å². The van der Waals surface area contributed by atoms with Gasteiger partial charge in [-0.15, -0.1) is 0 Å². The van der Waals surface area contributed by atoms with Gasteiger partial charge in [-0.25, -0.2) is 18.1 Å². The predicted molar refractivity (Wildman–Crippen MR) is 92.8 cm³/mol. The molecule has 0 radical (unpaired) electrons.